The lowest BCUT2D eigenvalue weighted by atomic mass is 10.3. The molecule has 1 aromatic rings. The third kappa shape index (κ3) is 6.34. The molecule has 0 aromatic carbocycles. The third-order valence-corrected chi connectivity index (χ3v) is 3.18. The highest BCUT2D eigenvalue weighted by Gasteiger charge is 2.09. The number of unbranched alkanes of at least 4 members (excludes halogenated alkanes) is 2. The van der Waals surface area contributed by atoms with Crippen LogP contribution in [0, 0.1) is 9.85 Å². The van der Waals surface area contributed by atoms with Crippen molar-refractivity contribution in [2.24, 2.45) is 0 Å². The Morgan fingerprint density at radius 1 is 1.37 bits per heavy atom. The molecule has 0 atom stereocenters. The highest BCUT2D eigenvalue weighted by molar-refractivity contribution is 14.1. The predicted octanol–water partition coefficient (Wildman–Crippen LogP) is 3.54. The minimum absolute atomic E-state index is 0.316. The van der Waals surface area contributed by atoms with Gasteiger partial charge < -0.3 is 9.47 Å². The van der Waals surface area contributed by atoms with E-state index in [1.54, 1.807) is 6.20 Å². The van der Waals surface area contributed by atoms with Gasteiger partial charge in [-0.25, -0.2) is 4.98 Å². The van der Waals surface area contributed by atoms with Crippen molar-refractivity contribution in [3.05, 3.63) is 6.20 Å². The molecular formula is C13H17IN2O2S. The smallest absolute Gasteiger partial charge is 0.261 e. The van der Waals surface area contributed by atoms with Crippen molar-refractivity contribution in [1.82, 2.24) is 9.97 Å². The molecule has 1 rings (SSSR count). The largest absolute Gasteiger partial charge is 0.475 e. The number of halogens is 1. The number of hydrogen-bond donors (Lipinski definition) is 0. The molecule has 104 valence electrons. The van der Waals surface area contributed by atoms with Crippen LogP contribution in [0.4, 0.5) is 0 Å². The zero-order valence-electron chi connectivity index (χ0n) is 11.1. The zero-order valence-corrected chi connectivity index (χ0v) is 14.1. The molecule has 0 aliphatic carbocycles. The highest BCUT2D eigenvalue weighted by atomic mass is 127. The number of nitrogens with zero attached hydrogens (tertiary/aromatic N) is 2. The van der Waals surface area contributed by atoms with Gasteiger partial charge in [0.1, 0.15) is 6.61 Å². The first-order chi connectivity index (χ1) is 9.31. The van der Waals surface area contributed by atoms with Crippen LogP contribution in [0.5, 0.6) is 11.6 Å². The van der Waals surface area contributed by atoms with Gasteiger partial charge in [0.25, 0.3) is 5.88 Å². The highest BCUT2D eigenvalue weighted by Crippen LogP contribution is 2.26. The SMILES string of the molecule is CCCCCOc1nc(SC)ncc1OCC#CI. The molecule has 0 fully saturated rings. The van der Waals surface area contributed by atoms with Gasteiger partial charge in [0.15, 0.2) is 5.16 Å². The van der Waals surface area contributed by atoms with E-state index < -0.39 is 0 Å². The van der Waals surface area contributed by atoms with Crippen molar-refractivity contribution in [1.29, 1.82) is 0 Å². The van der Waals surface area contributed by atoms with E-state index in [9.17, 15) is 0 Å². The molecule has 0 radical (unpaired) electrons. The molecule has 0 unspecified atom stereocenters. The van der Waals surface area contributed by atoms with Crippen LogP contribution in [0.25, 0.3) is 0 Å². The average molecular weight is 392 g/mol. The Bertz CT molecular complexity index is 446. The maximum atomic E-state index is 5.67. The molecule has 1 aromatic heterocycles. The van der Waals surface area contributed by atoms with Gasteiger partial charge in [0.05, 0.1) is 12.8 Å². The summed E-state index contributed by atoms with van der Waals surface area (Å²) in [5.41, 5.74) is 0. The Balaban J connectivity index is 2.67. The fourth-order valence-electron chi connectivity index (χ4n) is 1.30. The van der Waals surface area contributed by atoms with Crippen molar-refractivity contribution < 1.29 is 9.47 Å². The topological polar surface area (TPSA) is 44.2 Å². The Morgan fingerprint density at radius 3 is 2.89 bits per heavy atom. The lowest BCUT2D eigenvalue weighted by Crippen LogP contribution is -2.04. The summed E-state index contributed by atoms with van der Waals surface area (Å²) < 4.78 is 13.9. The first-order valence-corrected chi connectivity index (χ1v) is 8.37. The Kier molecular flexibility index (Phi) is 8.75. The second-order valence-electron chi connectivity index (χ2n) is 3.64. The summed E-state index contributed by atoms with van der Waals surface area (Å²) in [5, 5.41) is 0.679. The third-order valence-electron chi connectivity index (χ3n) is 2.24. The van der Waals surface area contributed by atoms with Crippen LogP contribution in [0.15, 0.2) is 11.4 Å². The van der Waals surface area contributed by atoms with E-state index in [0.717, 1.165) is 19.3 Å². The minimum Gasteiger partial charge on any atom is -0.475 e. The van der Waals surface area contributed by atoms with Crippen LogP contribution in [-0.4, -0.2) is 29.4 Å². The minimum atomic E-state index is 0.316. The number of rotatable bonds is 8. The average Bonchev–Trinajstić information content (AvgIpc) is 2.45. The summed E-state index contributed by atoms with van der Waals surface area (Å²) in [6, 6.07) is 0. The van der Waals surface area contributed by atoms with E-state index in [2.05, 4.69) is 26.7 Å². The molecule has 0 saturated heterocycles. The van der Waals surface area contributed by atoms with Gasteiger partial charge in [0, 0.05) is 22.6 Å². The molecule has 0 aliphatic rings. The number of thioether (sulfide) groups is 1. The molecule has 0 saturated carbocycles. The van der Waals surface area contributed by atoms with E-state index in [4.69, 9.17) is 9.47 Å². The molecule has 1 heterocycles. The van der Waals surface area contributed by atoms with Crippen molar-refractivity contribution in [3.8, 4) is 21.5 Å². The molecule has 19 heavy (non-hydrogen) atoms. The maximum Gasteiger partial charge on any atom is 0.261 e. The summed E-state index contributed by atoms with van der Waals surface area (Å²) >= 11 is 3.45. The standard InChI is InChI=1S/C13H17IN2O2S/c1-3-4-5-8-18-12-11(17-9-6-7-14)10-15-13(16-12)19-2/h10H,3-5,8-9H2,1-2H3. The van der Waals surface area contributed by atoms with E-state index in [1.165, 1.54) is 11.8 Å². The summed E-state index contributed by atoms with van der Waals surface area (Å²) in [6.07, 6.45) is 6.90. The first-order valence-electron chi connectivity index (χ1n) is 6.07. The lowest BCUT2D eigenvalue weighted by molar-refractivity contribution is 0.264. The molecular weight excluding hydrogens is 375 g/mol. The summed E-state index contributed by atoms with van der Waals surface area (Å²) in [7, 11) is 0. The monoisotopic (exact) mass is 392 g/mol. The Labute approximate surface area is 132 Å². The number of aromatic nitrogens is 2. The number of hydrogen-bond acceptors (Lipinski definition) is 5. The second-order valence-corrected chi connectivity index (χ2v) is 4.95. The van der Waals surface area contributed by atoms with Gasteiger partial charge in [-0.1, -0.05) is 37.4 Å². The predicted molar refractivity (Wildman–Crippen MR) is 86.1 cm³/mol. The van der Waals surface area contributed by atoms with Crippen LogP contribution in [0.2, 0.25) is 0 Å². The lowest BCUT2D eigenvalue weighted by Gasteiger charge is -2.10. The Morgan fingerprint density at radius 2 is 2.21 bits per heavy atom. The maximum absolute atomic E-state index is 5.67. The second kappa shape index (κ2) is 10.1. The van der Waals surface area contributed by atoms with Crippen molar-refractivity contribution in [2.75, 3.05) is 19.5 Å². The summed E-state index contributed by atoms with van der Waals surface area (Å²) in [4.78, 5) is 8.50. The quantitative estimate of drug-likeness (QED) is 0.223. The fourth-order valence-corrected chi connectivity index (χ4v) is 1.79. The van der Waals surface area contributed by atoms with E-state index in [0.29, 0.717) is 30.0 Å². The van der Waals surface area contributed by atoms with Gasteiger partial charge in [-0.05, 0) is 16.6 Å². The van der Waals surface area contributed by atoms with Gasteiger partial charge >= 0.3 is 0 Å². The van der Waals surface area contributed by atoms with Gasteiger partial charge in [-0.2, -0.15) is 4.98 Å². The van der Waals surface area contributed by atoms with Crippen LogP contribution in [0.1, 0.15) is 26.2 Å². The van der Waals surface area contributed by atoms with Crippen LogP contribution >= 0.6 is 34.4 Å². The summed E-state index contributed by atoms with van der Waals surface area (Å²) in [5.74, 6) is 3.88. The fraction of sp³-hybridized carbons (Fsp3) is 0.538. The van der Waals surface area contributed by atoms with Crippen molar-refractivity contribution in [3.63, 3.8) is 0 Å². The van der Waals surface area contributed by atoms with Gasteiger partial charge in [-0.15, -0.1) is 0 Å². The van der Waals surface area contributed by atoms with Gasteiger partial charge in [0.2, 0.25) is 5.75 Å². The van der Waals surface area contributed by atoms with E-state index in [1.807, 2.05) is 28.8 Å². The van der Waals surface area contributed by atoms with Crippen LogP contribution in [-0.2, 0) is 0 Å². The molecule has 0 spiro atoms. The van der Waals surface area contributed by atoms with E-state index in [-0.39, 0.29) is 0 Å². The molecule has 0 amide bonds. The van der Waals surface area contributed by atoms with Gasteiger partial charge in [-0.3, -0.25) is 0 Å². The van der Waals surface area contributed by atoms with Crippen LogP contribution < -0.4 is 9.47 Å². The molecule has 0 aliphatic heterocycles. The normalized spacial score (nSPS) is 9.63. The van der Waals surface area contributed by atoms with E-state index >= 15 is 0 Å². The number of ether oxygens (including phenoxy) is 2. The molecule has 6 heteroatoms. The molecule has 0 N–H and O–H groups in total. The zero-order chi connectivity index (χ0) is 13.9. The Hall–Kier alpha value is -0.680. The first kappa shape index (κ1) is 16.4. The molecule has 0 bridgehead atoms. The van der Waals surface area contributed by atoms with Crippen molar-refractivity contribution >= 4 is 34.4 Å². The van der Waals surface area contributed by atoms with Crippen LogP contribution in [0.3, 0.4) is 0 Å². The molecule has 4 nitrogen and oxygen atoms in total. The van der Waals surface area contributed by atoms with Crippen molar-refractivity contribution in [2.45, 2.75) is 31.3 Å². The summed E-state index contributed by atoms with van der Waals surface area (Å²) in [6.45, 7) is 3.12.